The molecule has 1 N–H and O–H groups in total. The highest BCUT2D eigenvalue weighted by Gasteiger charge is 2.03. The van der Waals surface area contributed by atoms with Gasteiger partial charge >= 0.3 is 5.97 Å². The van der Waals surface area contributed by atoms with Crippen LogP contribution < -0.4 is 0 Å². The van der Waals surface area contributed by atoms with E-state index in [1.54, 1.807) is 12.1 Å². The summed E-state index contributed by atoms with van der Waals surface area (Å²) in [5.41, 5.74) is 0.0943. The molecule has 0 radical (unpaired) electrons. The van der Waals surface area contributed by atoms with E-state index in [2.05, 4.69) is 4.98 Å². The molecule has 4 heteroatoms. The molecule has 0 aliphatic carbocycles. The smallest absolute Gasteiger partial charge is 0.354 e. The summed E-state index contributed by atoms with van der Waals surface area (Å²) in [7, 11) is 0. The van der Waals surface area contributed by atoms with E-state index in [9.17, 15) is 4.79 Å². The number of carbonyl (C=O) groups is 1. The maximum absolute atomic E-state index is 10.4. The fourth-order valence-corrected chi connectivity index (χ4v) is 1.05. The zero-order valence-electron chi connectivity index (χ0n) is 5.94. The predicted molar refractivity (Wildman–Crippen MR) is 43.0 cm³/mol. The first-order valence-electron chi connectivity index (χ1n) is 2.98. The van der Waals surface area contributed by atoms with Gasteiger partial charge in [0, 0.05) is 0 Å². The summed E-state index contributed by atoms with van der Waals surface area (Å²) in [5.74, 6) is -0.985. The first-order chi connectivity index (χ1) is 5.24. The fraction of sp³-hybridized carbons (Fsp3) is 0.143. The van der Waals surface area contributed by atoms with E-state index < -0.39 is 5.97 Å². The molecule has 0 bridgehead atoms. The molecule has 0 amide bonds. The third kappa shape index (κ3) is 1.94. The summed E-state index contributed by atoms with van der Waals surface area (Å²) in [6.45, 7) is 0. The monoisotopic (exact) mass is 169 g/mol. The molecule has 58 valence electrons. The Morgan fingerprint density at radius 3 is 2.91 bits per heavy atom. The van der Waals surface area contributed by atoms with E-state index in [0.29, 0.717) is 0 Å². The van der Waals surface area contributed by atoms with Crippen molar-refractivity contribution in [2.75, 3.05) is 6.26 Å². The summed E-state index contributed by atoms with van der Waals surface area (Å²) in [4.78, 5) is 14.3. The van der Waals surface area contributed by atoms with Crippen LogP contribution in [-0.4, -0.2) is 22.3 Å². The number of thioether (sulfide) groups is 1. The number of hydrogen-bond donors (Lipinski definition) is 1. The highest BCUT2D eigenvalue weighted by molar-refractivity contribution is 7.98. The van der Waals surface area contributed by atoms with Gasteiger partial charge in [0.25, 0.3) is 0 Å². The van der Waals surface area contributed by atoms with Gasteiger partial charge in [0.2, 0.25) is 0 Å². The van der Waals surface area contributed by atoms with Crippen molar-refractivity contribution >= 4 is 17.7 Å². The fourth-order valence-electron chi connectivity index (χ4n) is 0.648. The molecule has 3 nitrogen and oxygen atoms in total. The lowest BCUT2D eigenvalue weighted by molar-refractivity contribution is 0.0689. The van der Waals surface area contributed by atoms with Crippen molar-refractivity contribution in [2.45, 2.75) is 5.03 Å². The molecule has 11 heavy (non-hydrogen) atoms. The number of nitrogens with zero attached hydrogens (tertiary/aromatic N) is 1. The molecule has 0 aliphatic heterocycles. The second kappa shape index (κ2) is 3.39. The van der Waals surface area contributed by atoms with Crippen LogP contribution >= 0.6 is 11.8 Å². The van der Waals surface area contributed by atoms with Crippen LogP contribution in [-0.2, 0) is 0 Å². The molecule has 1 heterocycles. The Bertz CT molecular complexity index is 275. The number of carboxylic acid groups (broad SMARTS) is 1. The van der Waals surface area contributed by atoms with Crippen molar-refractivity contribution in [1.29, 1.82) is 0 Å². The van der Waals surface area contributed by atoms with E-state index in [1.807, 2.05) is 6.26 Å². The van der Waals surface area contributed by atoms with E-state index in [0.717, 1.165) is 5.03 Å². The van der Waals surface area contributed by atoms with Gasteiger partial charge in [-0.05, 0) is 18.4 Å². The molecule has 1 rings (SSSR count). The quantitative estimate of drug-likeness (QED) is 0.681. The minimum Gasteiger partial charge on any atom is -0.477 e. The zero-order chi connectivity index (χ0) is 8.27. The number of aromatic nitrogens is 1. The van der Waals surface area contributed by atoms with Crippen LogP contribution in [0.15, 0.2) is 23.2 Å². The number of carboxylic acids is 1. The maximum atomic E-state index is 10.4. The van der Waals surface area contributed by atoms with Crippen LogP contribution in [0, 0.1) is 0 Å². The van der Waals surface area contributed by atoms with Crippen molar-refractivity contribution in [3.63, 3.8) is 0 Å². The first-order valence-corrected chi connectivity index (χ1v) is 4.21. The lowest BCUT2D eigenvalue weighted by Crippen LogP contribution is -1.99. The molecule has 0 aromatic carbocycles. The van der Waals surface area contributed by atoms with Crippen LogP contribution in [0.5, 0.6) is 0 Å². The standard InChI is InChI=1S/C7H7NO2S/c1-11-6-4-2-3-5(8-6)7(9)10/h2-4H,1H3,(H,9,10). The Labute approximate surface area is 68.5 Å². The lowest BCUT2D eigenvalue weighted by Gasteiger charge is -1.95. The van der Waals surface area contributed by atoms with Crippen LogP contribution in [0.25, 0.3) is 0 Å². The van der Waals surface area contributed by atoms with Crippen molar-refractivity contribution in [3.05, 3.63) is 23.9 Å². The summed E-state index contributed by atoms with van der Waals surface area (Å²) in [6, 6.07) is 4.93. The molecule has 0 unspecified atom stereocenters. The summed E-state index contributed by atoms with van der Waals surface area (Å²) < 4.78 is 0. The van der Waals surface area contributed by atoms with Gasteiger partial charge in [0.1, 0.15) is 5.69 Å². The molecular weight excluding hydrogens is 162 g/mol. The van der Waals surface area contributed by atoms with E-state index in [1.165, 1.54) is 17.8 Å². The normalized spacial score (nSPS) is 9.55. The summed E-state index contributed by atoms with van der Waals surface area (Å²) in [5, 5.41) is 9.26. The maximum Gasteiger partial charge on any atom is 0.354 e. The number of rotatable bonds is 2. The molecule has 0 spiro atoms. The second-order valence-electron chi connectivity index (χ2n) is 1.87. The third-order valence-electron chi connectivity index (χ3n) is 1.15. The van der Waals surface area contributed by atoms with Gasteiger partial charge in [-0.2, -0.15) is 0 Å². The molecular formula is C7H7NO2S. The topological polar surface area (TPSA) is 50.2 Å². The Morgan fingerprint density at radius 1 is 1.64 bits per heavy atom. The van der Waals surface area contributed by atoms with Gasteiger partial charge in [0.05, 0.1) is 5.03 Å². The Balaban J connectivity index is 3.01. The minimum absolute atomic E-state index is 0.0943. The molecule has 1 aromatic rings. The molecule has 0 fully saturated rings. The summed E-state index contributed by atoms with van der Waals surface area (Å²) in [6.07, 6.45) is 1.86. The average molecular weight is 169 g/mol. The van der Waals surface area contributed by atoms with E-state index in [4.69, 9.17) is 5.11 Å². The Morgan fingerprint density at radius 2 is 2.36 bits per heavy atom. The number of hydrogen-bond acceptors (Lipinski definition) is 3. The van der Waals surface area contributed by atoms with Gasteiger partial charge in [-0.3, -0.25) is 0 Å². The number of pyridine rings is 1. The largest absolute Gasteiger partial charge is 0.477 e. The molecule has 1 aromatic heterocycles. The average Bonchev–Trinajstić information content (AvgIpc) is 2.05. The van der Waals surface area contributed by atoms with Crippen molar-refractivity contribution in [3.8, 4) is 0 Å². The highest BCUT2D eigenvalue weighted by Crippen LogP contribution is 2.10. The second-order valence-corrected chi connectivity index (χ2v) is 2.70. The van der Waals surface area contributed by atoms with E-state index in [-0.39, 0.29) is 5.69 Å². The van der Waals surface area contributed by atoms with Crippen molar-refractivity contribution < 1.29 is 9.90 Å². The SMILES string of the molecule is CSc1cccc(C(=O)O)n1. The Kier molecular flexibility index (Phi) is 2.48. The first kappa shape index (κ1) is 8.07. The van der Waals surface area contributed by atoms with Gasteiger partial charge in [-0.25, -0.2) is 9.78 Å². The minimum atomic E-state index is -0.985. The van der Waals surface area contributed by atoms with Crippen molar-refractivity contribution in [2.24, 2.45) is 0 Å². The lowest BCUT2D eigenvalue weighted by atomic mass is 10.4. The number of aromatic carboxylic acids is 1. The van der Waals surface area contributed by atoms with Crippen LogP contribution in [0.4, 0.5) is 0 Å². The van der Waals surface area contributed by atoms with Crippen LogP contribution in [0.3, 0.4) is 0 Å². The summed E-state index contributed by atoms with van der Waals surface area (Å²) >= 11 is 1.43. The Hall–Kier alpha value is -1.03. The van der Waals surface area contributed by atoms with Gasteiger partial charge in [0.15, 0.2) is 0 Å². The molecule has 0 saturated heterocycles. The van der Waals surface area contributed by atoms with Crippen molar-refractivity contribution in [1.82, 2.24) is 4.98 Å². The highest BCUT2D eigenvalue weighted by atomic mass is 32.2. The third-order valence-corrected chi connectivity index (χ3v) is 1.80. The van der Waals surface area contributed by atoms with Gasteiger partial charge < -0.3 is 5.11 Å². The predicted octanol–water partition coefficient (Wildman–Crippen LogP) is 1.50. The van der Waals surface area contributed by atoms with Crippen LogP contribution in [0.2, 0.25) is 0 Å². The van der Waals surface area contributed by atoms with Gasteiger partial charge in [-0.1, -0.05) is 6.07 Å². The molecule has 0 saturated carbocycles. The van der Waals surface area contributed by atoms with E-state index >= 15 is 0 Å². The van der Waals surface area contributed by atoms with Crippen LogP contribution in [0.1, 0.15) is 10.5 Å². The molecule has 0 aliphatic rings. The molecule has 0 atom stereocenters. The zero-order valence-corrected chi connectivity index (χ0v) is 6.76. The van der Waals surface area contributed by atoms with Gasteiger partial charge in [-0.15, -0.1) is 11.8 Å².